The summed E-state index contributed by atoms with van der Waals surface area (Å²) in [5.74, 6) is -0.517. The maximum atomic E-state index is 12.4. The molecule has 0 fully saturated rings. The van der Waals surface area contributed by atoms with Crippen LogP contribution in [0, 0.1) is 6.92 Å². The molecule has 1 aromatic heterocycles. The number of esters is 1. The van der Waals surface area contributed by atoms with Crippen LogP contribution < -0.4 is 5.32 Å². The smallest absolute Gasteiger partial charge is 0.349 e. The number of nitrogens with one attached hydrogen (secondary N) is 1. The number of thiophene rings is 1. The zero-order valence-electron chi connectivity index (χ0n) is 15.0. The van der Waals surface area contributed by atoms with Crippen LogP contribution >= 0.6 is 11.3 Å². The lowest BCUT2D eigenvalue weighted by molar-refractivity contribution is -0.119. The second-order valence-electron chi connectivity index (χ2n) is 6.42. The number of ether oxygens (including phenoxy) is 1. The Morgan fingerprint density at radius 2 is 1.77 bits per heavy atom. The maximum absolute atomic E-state index is 12.4. The monoisotopic (exact) mass is 367 g/mol. The minimum absolute atomic E-state index is 0.287. The minimum atomic E-state index is -0.462. The molecule has 2 aromatic carbocycles. The van der Waals surface area contributed by atoms with Crippen LogP contribution in [0.25, 0.3) is 10.1 Å². The second-order valence-corrected chi connectivity index (χ2v) is 7.47. The topological polar surface area (TPSA) is 55.4 Å². The van der Waals surface area contributed by atoms with Gasteiger partial charge in [-0.05, 0) is 41.5 Å². The number of aryl methyl sites for hydroxylation is 1. The van der Waals surface area contributed by atoms with Crippen LogP contribution in [0.15, 0.2) is 48.5 Å². The standard InChI is InChI=1S/C21H21NO3S/c1-13(2)15-8-4-6-10-17(15)22-19(23)12-25-21(24)20-14(3)16-9-5-7-11-18(16)26-20/h4-11,13H,12H2,1-3H3,(H,22,23). The van der Waals surface area contributed by atoms with E-state index in [0.717, 1.165) is 26.9 Å². The largest absolute Gasteiger partial charge is 0.451 e. The van der Waals surface area contributed by atoms with E-state index in [1.165, 1.54) is 11.3 Å². The van der Waals surface area contributed by atoms with E-state index in [9.17, 15) is 9.59 Å². The molecule has 0 spiro atoms. The Hall–Kier alpha value is -2.66. The van der Waals surface area contributed by atoms with Crippen LogP contribution in [0.4, 0.5) is 5.69 Å². The number of hydrogen-bond donors (Lipinski definition) is 1. The van der Waals surface area contributed by atoms with Gasteiger partial charge in [0.1, 0.15) is 4.88 Å². The molecule has 0 unspecified atom stereocenters. The molecule has 0 aliphatic carbocycles. The van der Waals surface area contributed by atoms with Gasteiger partial charge < -0.3 is 10.1 Å². The van der Waals surface area contributed by atoms with E-state index < -0.39 is 5.97 Å². The Balaban J connectivity index is 1.66. The molecular weight excluding hydrogens is 346 g/mol. The number of carbonyl (C=O) groups excluding carboxylic acids is 2. The molecule has 0 radical (unpaired) electrons. The quantitative estimate of drug-likeness (QED) is 0.636. The second kappa shape index (κ2) is 7.70. The number of rotatable bonds is 5. The molecular formula is C21H21NO3S. The summed E-state index contributed by atoms with van der Waals surface area (Å²) in [6.45, 7) is 5.72. The van der Waals surface area contributed by atoms with Crippen molar-refractivity contribution in [2.24, 2.45) is 0 Å². The first-order valence-corrected chi connectivity index (χ1v) is 9.33. The summed E-state index contributed by atoms with van der Waals surface area (Å²) in [4.78, 5) is 25.1. The summed E-state index contributed by atoms with van der Waals surface area (Å²) in [6.07, 6.45) is 0. The van der Waals surface area contributed by atoms with Gasteiger partial charge >= 0.3 is 5.97 Å². The highest BCUT2D eigenvalue weighted by Crippen LogP contribution is 2.31. The van der Waals surface area contributed by atoms with Gasteiger partial charge in [0.15, 0.2) is 6.61 Å². The minimum Gasteiger partial charge on any atom is -0.451 e. The SMILES string of the molecule is Cc1c(C(=O)OCC(=O)Nc2ccccc2C(C)C)sc2ccccc12. The lowest BCUT2D eigenvalue weighted by atomic mass is 10.0. The summed E-state index contributed by atoms with van der Waals surface area (Å²) in [6, 6.07) is 15.5. The van der Waals surface area contributed by atoms with Crippen LogP contribution in [-0.4, -0.2) is 18.5 Å². The lowest BCUT2D eigenvalue weighted by Crippen LogP contribution is -2.21. The molecule has 1 amide bonds. The molecule has 134 valence electrons. The third kappa shape index (κ3) is 3.78. The lowest BCUT2D eigenvalue weighted by Gasteiger charge is -2.13. The molecule has 3 rings (SSSR count). The molecule has 0 saturated carbocycles. The van der Waals surface area contributed by atoms with Crippen LogP contribution in [0.2, 0.25) is 0 Å². The van der Waals surface area contributed by atoms with Gasteiger partial charge in [0.05, 0.1) is 0 Å². The summed E-state index contributed by atoms with van der Waals surface area (Å²) >= 11 is 1.39. The Bertz CT molecular complexity index is 959. The molecule has 1 N–H and O–H groups in total. The third-order valence-corrected chi connectivity index (χ3v) is 5.47. The molecule has 0 aliphatic rings. The van der Waals surface area contributed by atoms with E-state index in [1.54, 1.807) is 0 Å². The number of anilines is 1. The fourth-order valence-corrected chi connectivity index (χ4v) is 3.97. The molecule has 1 heterocycles. The zero-order valence-corrected chi connectivity index (χ0v) is 15.9. The molecule has 0 aliphatic heterocycles. The van der Waals surface area contributed by atoms with Crippen molar-refractivity contribution in [2.75, 3.05) is 11.9 Å². The average Bonchev–Trinajstić information content (AvgIpc) is 2.97. The first kappa shape index (κ1) is 18.1. The highest BCUT2D eigenvalue weighted by Gasteiger charge is 2.18. The average molecular weight is 367 g/mol. The third-order valence-electron chi connectivity index (χ3n) is 4.22. The predicted molar refractivity (Wildman–Crippen MR) is 106 cm³/mol. The molecule has 0 atom stereocenters. The van der Waals surface area contributed by atoms with Crippen molar-refractivity contribution in [3.63, 3.8) is 0 Å². The van der Waals surface area contributed by atoms with Gasteiger partial charge in [-0.1, -0.05) is 50.2 Å². The van der Waals surface area contributed by atoms with E-state index >= 15 is 0 Å². The number of fused-ring (bicyclic) bond motifs is 1. The van der Waals surface area contributed by atoms with Gasteiger partial charge in [0, 0.05) is 10.4 Å². The predicted octanol–water partition coefficient (Wildman–Crippen LogP) is 5.13. The van der Waals surface area contributed by atoms with Gasteiger partial charge in [0.25, 0.3) is 5.91 Å². The number of amides is 1. The number of benzene rings is 2. The van der Waals surface area contributed by atoms with E-state index in [1.807, 2.05) is 55.5 Å². The Morgan fingerprint density at radius 3 is 2.50 bits per heavy atom. The zero-order chi connectivity index (χ0) is 18.7. The Kier molecular flexibility index (Phi) is 5.38. The van der Waals surface area contributed by atoms with Crippen molar-refractivity contribution >= 4 is 39.0 Å². The van der Waals surface area contributed by atoms with E-state index in [4.69, 9.17) is 4.74 Å². The highest BCUT2D eigenvalue weighted by molar-refractivity contribution is 7.21. The number of hydrogen-bond acceptors (Lipinski definition) is 4. The highest BCUT2D eigenvalue weighted by atomic mass is 32.1. The first-order valence-electron chi connectivity index (χ1n) is 8.51. The molecule has 4 nitrogen and oxygen atoms in total. The fraction of sp³-hybridized carbons (Fsp3) is 0.238. The van der Waals surface area contributed by atoms with E-state index in [0.29, 0.717) is 4.88 Å². The summed E-state index contributed by atoms with van der Waals surface area (Å²) < 4.78 is 6.27. The van der Waals surface area contributed by atoms with Crippen molar-refractivity contribution in [2.45, 2.75) is 26.7 Å². The summed E-state index contributed by atoms with van der Waals surface area (Å²) in [7, 11) is 0. The normalized spacial score (nSPS) is 10.9. The van der Waals surface area contributed by atoms with E-state index in [2.05, 4.69) is 19.2 Å². The molecule has 0 bridgehead atoms. The van der Waals surface area contributed by atoms with Gasteiger partial charge in [0.2, 0.25) is 0 Å². The molecule has 0 saturated heterocycles. The first-order chi connectivity index (χ1) is 12.5. The fourth-order valence-electron chi connectivity index (χ4n) is 2.87. The van der Waals surface area contributed by atoms with Crippen molar-refractivity contribution in [3.05, 3.63) is 64.5 Å². The summed E-state index contributed by atoms with van der Waals surface area (Å²) in [5, 5.41) is 3.87. The Morgan fingerprint density at radius 1 is 1.08 bits per heavy atom. The van der Waals surface area contributed by atoms with Crippen LogP contribution in [0.3, 0.4) is 0 Å². The van der Waals surface area contributed by atoms with Gasteiger partial charge in [-0.2, -0.15) is 0 Å². The molecule has 26 heavy (non-hydrogen) atoms. The van der Waals surface area contributed by atoms with Crippen molar-refractivity contribution in [1.82, 2.24) is 0 Å². The molecule has 3 aromatic rings. The van der Waals surface area contributed by atoms with Crippen LogP contribution in [0.5, 0.6) is 0 Å². The Labute approximate surface area is 156 Å². The van der Waals surface area contributed by atoms with E-state index in [-0.39, 0.29) is 18.4 Å². The van der Waals surface area contributed by atoms with Gasteiger partial charge in [-0.3, -0.25) is 4.79 Å². The van der Waals surface area contributed by atoms with Crippen molar-refractivity contribution < 1.29 is 14.3 Å². The van der Waals surface area contributed by atoms with Crippen molar-refractivity contribution in [1.29, 1.82) is 0 Å². The van der Waals surface area contributed by atoms with Crippen LogP contribution in [-0.2, 0) is 9.53 Å². The van der Waals surface area contributed by atoms with Gasteiger partial charge in [-0.15, -0.1) is 11.3 Å². The number of para-hydroxylation sites is 1. The van der Waals surface area contributed by atoms with Crippen LogP contribution in [0.1, 0.15) is 40.6 Å². The molecule has 5 heteroatoms. The summed E-state index contributed by atoms with van der Waals surface area (Å²) in [5.41, 5.74) is 2.69. The maximum Gasteiger partial charge on any atom is 0.349 e. The van der Waals surface area contributed by atoms with Gasteiger partial charge in [-0.25, -0.2) is 4.79 Å². The van der Waals surface area contributed by atoms with Crippen molar-refractivity contribution in [3.8, 4) is 0 Å². The number of carbonyl (C=O) groups is 2.